The summed E-state index contributed by atoms with van der Waals surface area (Å²) >= 11 is 0. The van der Waals surface area contributed by atoms with E-state index in [1.165, 1.54) is 29.4 Å². The van der Waals surface area contributed by atoms with Gasteiger partial charge in [-0.05, 0) is 47.9 Å². The fraction of sp³-hybridized carbons (Fsp3) is 0.350. The lowest BCUT2D eigenvalue weighted by Crippen LogP contribution is -2.46. The van der Waals surface area contributed by atoms with Gasteiger partial charge in [-0.15, -0.1) is 0 Å². The molecule has 0 bridgehead atoms. The van der Waals surface area contributed by atoms with Crippen molar-refractivity contribution in [2.75, 3.05) is 13.7 Å². The molecule has 0 radical (unpaired) electrons. The summed E-state index contributed by atoms with van der Waals surface area (Å²) in [5, 5.41) is 0. The Kier molecular flexibility index (Phi) is 3.37. The van der Waals surface area contributed by atoms with E-state index in [9.17, 15) is 4.79 Å². The lowest BCUT2D eigenvalue weighted by atomic mass is 9.78. The molecule has 0 aromatic heterocycles. The second-order valence-electron chi connectivity index (χ2n) is 6.40. The SMILES string of the molecule is COC(=O)N1CCCC12c1ccccc1CCc1ccccc12. The van der Waals surface area contributed by atoms with Crippen LogP contribution in [0.5, 0.6) is 0 Å². The number of methoxy groups -OCH3 is 1. The van der Waals surface area contributed by atoms with Crippen LogP contribution >= 0.6 is 0 Å². The molecular formula is C20H21NO2. The molecule has 2 aromatic carbocycles. The number of rotatable bonds is 0. The van der Waals surface area contributed by atoms with E-state index < -0.39 is 0 Å². The van der Waals surface area contributed by atoms with E-state index in [2.05, 4.69) is 48.5 Å². The van der Waals surface area contributed by atoms with Crippen LogP contribution in [0.1, 0.15) is 35.1 Å². The van der Waals surface area contributed by atoms with Crippen LogP contribution in [0.3, 0.4) is 0 Å². The lowest BCUT2D eigenvalue weighted by molar-refractivity contribution is 0.0984. The first-order valence-corrected chi connectivity index (χ1v) is 8.30. The predicted octanol–water partition coefficient (Wildman–Crippen LogP) is 3.89. The average molecular weight is 307 g/mol. The number of carbonyl (C=O) groups is 1. The average Bonchev–Trinajstić information content (AvgIpc) is 2.99. The van der Waals surface area contributed by atoms with E-state index >= 15 is 0 Å². The molecule has 3 nitrogen and oxygen atoms in total. The van der Waals surface area contributed by atoms with Crippen molar-refractivity contribution in [1.82, 2.24) is 4.90 Å². The highest BCUT2D eigenvalue weighted by Gasteiger charge is 2.49. The van der Waals surface area contributed by atoms with Gasteiger partial charge in [0.05, 0.1) is 12.6 Å². The lowest BCUT2D eigenvalue weighted by Gasteiger charge is -2.39. The van der Waals surface area contributed by atoms with Crippen LogP contribution in [0.4, 0.5) is 4.79 Å². The minimum absolute atomic E-state index is 0.228. The highest BCUT2D eigenvalue weighted by molar-refractivity contribution is 5.72. The molecule has 3 heteroatoms. The third-order valence-corrected chi connectivity index (χ3v) is 5.37. The molecule has 4 rings (SSSR count). The second-order valence-corrected chi connectivity index (χ2v) is 6.40. The Morgan fingerprint density at radius 1 is 1.00 bits per heavy atom. The normalized spacial score (nSPS) is 18.2. The van der Waals surface area contributed by atoms with Crippen LogP contribution in [0, 0.1) is 0 Å². The molecule has 0 N–H and O–H groups in total. The molecule has 2 aliphatic rings. The first-order chi connectivity index (χ1) is 11.3. The zero-order valence-electron chi connectivity index (χ0n) is 13.4. The van der Waals surface area contributed by atoms with Gasteiger partial charge in [0.2, 0.25) is 0 Å². The molecule has 1 spiro atoms. The summed E-state index contributed by atoms with van der Waals surface area (Å²) in [4.78, 5) is 14.5. The molecule has 0 unspecified atom stereocenters. The number of aryl methyl sites for hydroxylation is 2. The van der Waals surface area contributed by atoms with E-state index in [0.717, 1.165) is 32.2 Å². The maximum Gasteiger partial charge on any atom is 0.410 e. The van der Waals surface area contributed by atoms with Crippen LogP contribution in [0.15, 0.2) is 48.5 Å². The first-order valence-electron chi connectivity index (χ1n) is 8.30. The topological polar surface area (TPSA) is 29.5 Å². The first kappa shape index (κ1) is 14.3. The second kappa shape index (κ2) is 5.41. The van der Waals surface area contributed by atoms with Crippen molar-refractivity contribution in [1.29, 1.82) is 0 Å². The van der Waals surface area contributed by atoms with Gasteiger partial charge < -0.3 is 4.74 Å². The smallest absolute Gasteiger partial charge is 0.410 e. The quantitative estimate of drug-likeness (QED) is 0.739. The van der Waals surface area contributed by atoms with E-state index in [1.807, 2.05) is 4.90 Å². The van der Waals surface area contributed by atoms with Crippen molar-refractivity contribution in [3.05, 3.63) is 70.8 Å². The van der Waals surface area contributed by atoms with Gasteiger partial charge in [0, 0.05) is 6.54 Å². The summed E-state index contributed by atoms with van der Waals surface area (Å²) in [6.07, 6.45) is 3.76. The predicted molar refractivity (Wildman–Crippen MR) is 89.4 cm³/mol. The third-order valence-electron chi connectivity index (χ3n) is 5.37. The molecule has 0 atom stereocenters. The molecule has 1 aliphatic heterocycles. The van der Waals surface area contributed by atoms with Crippen molar-refractivity contribution in [3.8, 4) is 0 Å². The molecule has 118 valence electrons. The van der Waals surface area contributed by atoms with Crippen LogP contribution in [-0.4, -0.2) is 24.6 Å². The molecule has 1 heterocycles. The number of hydrogen-bond donors (Lipinski definition) is 0. The molecule has 2 aromatic rings. The standard InChI is InChI=1S/C20H21NO2/c1-23-19(22)21-14-6-13-20(21)17-9-4-2-7-15(17)11-12-16-8-3-5-10-18(16)20/h2-5,7-10H,6,11-14H2,1H3. The highest BCUT2D eigenvalue weighted by Crippen LogP contribution is 2.48. The molecule has 23 heavy (non-hydrogen) atoms. The number of benzene rings is 2. The Labute approximate surface area is 136 Å². The van der Waals surface area contributed by atoms with Gasteiger partial charge >= 0.3 is 6.09 Å². The zero-order valence-corrected chi connectivity index (χ0v) is 13.4. The number of ether oxygens (including phenoxy) is 1. The summed E-state index contributed by atoms with van der Waals surface area (Å²) in [6, 6.07) is 17.2. The van der Waals surface area contributed by atoms with Crippen LogP contribution in [0.25, 0.3) is 0 Å². The minimum Gasteiger partial charge on any atom is -0.453 e. The van der Waals surface area contributed by atoms with Gasteiger partial charge in [0.15, 0.2) is 0 Å². The van der Waals surface area contributed by atoms with Gasteiger partial charge in [-0.25, -0.2) is 4.79 Å². The van der Waals surface area contributed by atoms with Crippen molar-refractivity contribution in [2.45, 2.75) is 31.2 Å². The molecule has 1 aliphatic carbocycles. The summed E-state index contributed by atoms with van der Waals surface area (Å²) in [6.45, 7) is 0.745. The molecular weight excluding hydrogens is 286 g/mol. The molecule has 1 saturated heterocycles. The van der Waals surface area contributed by atoms with Crippen LogP contribution < -0.4 is 0 Å². The van der Waals surface area contributed by atoms with Gasteiger partial charge in [-0.1, -0.05) is 48.5 Å². The summed E-state index contributed by atoms with van der Waals surface area (Å²) < 4.78 is 5.12. The van der Waals surface area contributed by atoms with Gasteiger partial charge in [0.25, 0.3) is 0 Å². The number of amides is 1. The summed E-state index contributed by atoms with van der Waals surface area (Å²) in [7, 11) is 1.48. The fourth-order valence-electron chi connectivity index (χ4n) is 4.43. The maximum absolute atomic E-state index is 12.5. The maximum atomic E-state index is 12.5. The summed E-state index contributed by atoms with van der Waals surface area (Å²) in [5.41, 5.74) is 4.86. The van der Waals surface area contributed by atoms with Crippen LogP contribution in [-0.2, 0) is 23.1 Å². The molecule has 1 fully saturated rings. The summed E-state index contributed by atoms with van der Waals surface area (Å²) in [5.74, 6) is 0. The fourth-order valence-corrected chi connectivity index (χ4v) is 4.43. The van der Waals surface area contributed by atoms with Crippen molar-refractivity contribution in [3.63, 3.8) is 0 Å². The van der Waals surface area contributed by atoms with Crippen molar-refractivity contribution >= 4 is 6.09 Å². The van der Waals surface area contributed by atoms with Gasteiger partial charge in [-0.2, -0.15) is 0 Å². The van der Waals surface area contributed by atoms with Crippen molar-refractivity contribution < 1.29 is 9.53 Å². The zero-order chi connectivity index (χ0) is 15.9. The van der Waals surface area contributed by atoms with E-state index in [0.29, 0.717) is 0 Å². The van der Waals surface area contributed by atoms with E-state index in [4.69, 9.17) is 4.74 Å². The van der Waals surface area contributed by atoms with Crippen LogP contribution in [0.2, 0.25) is 0 Å². The van der Waals surface area contributed by atoms with Gasteiger partial charge in [0.1, 0.15) is 0 Å². The highest BCUT2D eigenvalue weighted by atomic mass is 16.5. The minimum atomic E-state index is -0.378. The number of hydrogen-bond acceptors (Lipinski definition) is 2. The number of nitrogens with zero attached hydrogens (tertiary/aromatic N) is 1. The Morgan fingerprint density at radius 2 is 1.57 bits per heavy atom. The Hall–Kier alpha value is -2.29. The van der Waals surface area contributed by atoms with E-state index in [1.54, 1.807) is 0 Å². The van der Waals surface area contributed by atoms with Gasteiger partial charge in [-0.3, -0.25) is 4.90 Å². The monoisotopic (exact) mass is 307 g/mol. The van der Waals surface area contributed by atoms with Crippen molar-refractivity contribution in [2.24, 2.45) is 0 Å². The number of likely N-dealkylation sites (tertiary alicyclic amines) is 1. The van der Waals surface area contributed by atoms with E-state index in [-0.39, 0.29) is 11.6 Å². The largest absolute Gasteiger partial charge is 0.453 e. The Morgan fingerprint density at radius 3 is 2.13 bits per heavy atom. The molecule has 1 amide bonds. The third kappa shape index (κ3) is 1.99. The number of carbonyl (C=O) groups excluding carboxylic acids is 1. The Balaban J connectivity index is 2.02. The number of fused-ring (bicyclic) bond motifs is 4. The Bertz CT molecular complexity index is 705. The molecule has 0 saturated carbocycles.